The van der Waals surface area contributed by atoms with Crippen LogP contribution in [0.2, 0.25) is 0 Å². The average Bonchev–Trinajstić information content (AvgIpc) is 2.85. The molecule has 0 atom stereocenters. The first-order valence-electron chi connectivity index (χ1n) is 7.37. The van der Waals surface area contributed by atoms with E-state index in [1.165, 1.54) is 22.3 Å². The Bertz CT molecular complexity index is 607. The SMILES string of the molecule is C=C(c1[n-]c(C)c(CC)c1C)c1[n-]c(C)c(CC)c1C.[Li+].[Li+]. The van der Waals surface area contributed by atoms with Crippen LogP contribution in [0.1, 0.15) is 58.9 Å². The van der Waals surface area contributed by atoms with Crippen LogP contribution in [0.3, 0.4) is 0 Å². The summed E-state index contributed by atoms with van der Waals surface area (Å²) in [6.45, 7) is 17.1. The molecule has 0 bridgehead atoms. The molecular formula is C18H24Li2N2. The van der Waals surface area contributed by atoms with Gasteiger partial charge in [0.2, 0.25) is 0 Å². The summed E-state index contributed by atoms with van der Waals surface area (Å²) in [5.41, 5.74) is 10.4. The predicted molar refractivity (Wildman–Crippen MR) is 85.4 cm³/mol. The molecule has 22 heavy (non-hydrogen) atoms. The molecule has 0 N–H and O–H groups in total. The molecule has 0 saturated carbocycles. The number of aryl methyl sites for hydroxylation is 2. The maximum atomic E-state index is 4.72. The van der Waals surface area contributed by atoms with E-state index in [0.29, 0.717) is 0 Å². The largest absolute Gasteiger partial charge is 1.00 e. The number of aromatic nitrogens is 2. The van der Waals surface area contributed by atoms with E-state index in [-0.39, 0.29) is 37.7 Å². The quantitative estimate of drug-likeness (QED) is 0.609. The van der Waals surface area contributed by atoms with E-state index in [0.717, 1.165) is 41.2 Å². The second-order valence-electron chi connectivity index (χ2n) is 5.48. The summed E-state index contributed by atoms with van der Waals surface area (Å²) in [6.07, 6.45) is 2.04. The van der Waals surface area contributed by atoms with Gasteiger partial charge >= 0.3 is 37.7 Å². The van der Waals surface area contributed by atoms with Gasteiger partial charge in [-0.1, -0.05) is 62.1 Å². The summed E-state index contributed by atoms with van der Waals surface area (Å²) < 4.78 is 0. The molecule has 0 aromatic carbocycles. The van der Waals surface area contributed by atoms with Gasteiger partial charge in [-0.2, -0.15) is 11.4 Å². The Balaban J connectivity index is 0.00000220. The summed E-state index contributed by atoms with van der Waals surface area (Å²) >= 11 is 0. The first kappa shape index (κ1) is 21.5. The second-order valence-corrected chi connectivity index (χ2v) is 5.48. The Hall–Kier alpha value is -0.505. The Kier molecular flexibility index (Phi) is 8.18. The van der Waals surface area contributed by atoms with Gasteiger partial charge < -0.3 is 9.97 Å². The van der Waals surface area contributed by atoms with Crippen LogP contribution in [0, 0.1) is 27.7 Å². The van der Waals surface area contributed by atoms with E-state index in [4.69, 9.17) is 9.97 Å². The predicted octanol–water partition coefficient (Wildman–Crippen LogP) is -1.97. The monoisotopic (exact) mass is 282 g/mol. The van der Waals surface area contributed by atoms with Crippen LogP contribution in [-0.4, -0.2) is 0 Å². The fraction of sp³-hybridized carbons (Fsp3) is 0.444. The van der Waals surface area contributed by atoms with Crippen molar-refractivity contribution in [2.45, 2.75) is 54.4 Å². The molecule has 0 spiro atoms. The fourth-order valence-electron chi connectivity index (χ4n) is 3.21. The molecule has 0 aliphatic heterocycles. The number of hydrogen-bond acceptors (Lipinski definition) is 0. The summed E-state index contributed by atoms with van der Waals surface area (Å²) in [7, 11) is 0. The van der Waals surface area contributed by atoms with Gasteiger partial charge in [-0.25, -0.2) is 0 Å². The van der Waals surface area contributed by atoms with Crippen molar-refractivity contribution in [3.63, 3.8) is 0 Å². The van der Waals surface area contributed by atoms with Crippen molar-refractivity contribution in [1.29, 1.82) is 0 Å². The first-order chi connectivity index (χ1) is 9.42. The van der Waals surface area contributed by atoms with Gasteiger partial charge in [0.1, 0.15) is 0 Å². The van der Waals surface area contributed by atoms with Gasteiger partial charge in [-0.05, 0) is 26.7 Å². The van der Waals surface area contributed by atoms with Gasteiger partial charge in [0.25, 0.3) is 0 Å². The number of hydrogen-bond donors (Lipinski definition) is 0. The van der Waals surface area contributed by atoms with Gasteiger partial charge in [-0.3, -0.25) is 0 Å². The first-order valence-corrected chi connectivity index (χ1v) is 7.37. The average molecular weight is 282 g/mol. The van der Waals surface area contributed by atoms with Crippen molar-refractivity contribution in [2.24, 2.45) is 0 Å². The second kappa shape index (κ2) is 8.38. The van der Waals surface area contributed by atoms with Gasteiger partial charge in [0.05, 0.1) is 0 Å². The molecule has 0 radical (unpaired) electrons. The molecule has 0 saturated heterocycles. The molecule has 2 nitrogen and oxygen atoms in total. The van der Waals surface area contributed by atoms with Gasteiger partial charge in [0, 0.05) is 0 Å². The van der Waals surface area contributed by atoms with Crippen LogP contribution in [0.25, 0.3) is 5.57 Å². The maximum Gasteiger partial charge on any atom is 1.00 e. The topological polar surface area (TPSA) is 28.2 Å². The third-order valence-electron chi connectivity index (χ3n) is 4.33. The molecule has 0 unspecified atom stereocenters. The Labute approximate surface area is 158 Å². The van der Waals surface area contributed by atoms with Gasteiger partial charge in [-0.15, -0.1) is 11.4 Å². The van der Waals surface area contributed by atoms with Crippen LogP contribution in [0.4, 0.5) is 0 Å². The van der Waals surface area contributed by atoms with Crippen LogP contribution < -0.4 is 47.7 Å². The van der Waals surface area contributed by atoms with Gasteiger partial charge in [0.15, 0.2) is 0 Å². The summed E-state index contributed by atoms with van der Waals surface area (Å²) in [6, 6.07) is 0. The van der Waals surface area contributed by atoms with Crippen LogP contribution in [0.5, 0.6) is 0 Å². The molecule has 2 aromatic heterocycles. The van der Waals surface area contributed by atoms with Crippen LogP contribution in [-0.2, 0) is 12.8 Å². The minimum absolute atomic E-state index is 0. The standard InChI is InChI=1S/C18H24N2.2Li/c1-8-15-10(3)17(19-13(15)6)12(5)18-11(4)16(9-2)14(7)20-18;;/h5,8-9H2,1-4,6-7H3;;/q-2;2*+1. The third-order valence-corrected chi connectivity index (χ3v) is 4.33. The Morgan fingerprint density at radius 3 is 1.32 bits per heavy atom. The summed E-state index contributed by atoms with van der Waals surface area (Å²) in [5, 5.41) is 0. The van der Waals surface area contributed by atoms with E-state index in [1.54, 1.807) is 0 Å². The zero-order valence-corrected chi connectivity index (χ0v) is 15.5. The zero-order chi connectivity index (χ0) is 15.0. The molecule has 2 heterocycles. The zero-order valence-electron chi connectivity index (χ0n) is 15.5. The number of nitrogens with zero attached hydrogens (tertiary/aromatic N) is 2. The number of rotatable bonds is 4. The Morgan fingerprint density at radius 1 is 0.773 bits per heavy atom. The van der Waals surface area contributed by atoms with Crippen molar-refractivity contribution < 1.29 is 37.7 Å². The molecule has 0 aliphatic rings. The van der Waals surface area contributed by atoms with E-state index < -0.39 is 0 Å². The summed E-state index contributed by atoms with van der Waals surface area (Å²) in [5.74, 6) is 0. The van der Waals surface area contributed by atoms with Crippen molar-refractivity contribution in [3.8, 4) is 0 Å². The van der Waals surface area contributed by atoms with Crippen molar-refractivity contribution in [1.82, 2.24) is 9.97 Å². The van der Waals surface area contributed by atoms with E-state index >= 15 is 0 Å². The van der Waals surface area contributed by atoms with Crippen LogP contribution in [0.15, 0.2) is 6.58 Å². The minimum atomic E-state index is 0. The normalized spacial score (nSPS) is 10.1. The fourth-order valence-corrected chi connectivity index (χ4v) is 3.21. The van der Waals surface area contributed by atoms with Crippen molar-refractivity contribution in [2.75, 3.05) is 0 Å². The summed E-state index contributed by atoms with van der Waals surface area (Å²) in [4.78, 5) is 9.45. The molecule has 0 amide bonds. The third kappa shape index (κ3) is 3.52. The van der Waals surface area contributed by atoms with E-state index in [2.05, 4.69) is 48.1 Å². The molecule has 2 rings (SSSR count). The smallest absolute Gasteiger partial charge is 0.661 e. The molecular weight excluding hydrogens is 258 g/mol. The van der Waals surface area contributed by atoms with Crippen LogP contribution >= 0.6 is 0 Å². The van der Waals surface area contributed by atoms with Crippen molar-refractivity contribution >= 4 is 5.57 Å². The Morgan fingerprint density at radius 2 is 1.09 bits per heavy atom. The minimum Gasteiger partial charge on any atom is -0.661 e. The molecule has 108 valence electrons. The molecule has 0 fully saturated rings. The van der Waals surface area contributed by atoms with E-state index in [1.807, 2.05) is 0 Å². The van der Waals surface area contributed by atoms with Crippen molar-refractivity contribution in [3.05, 3.63) is 51.6 Å². The molecule has 4 heteroatoms. The van der Waals surface area contributed by atoms with E-state index in [9.17, 15) is 0 Å². The maximum absolute atomic E-state index is 4.72. The molecule has 0 aliphatic carbocycles. The molecule has 2 aromatic rings.